The quantitative estimate of drug-likeness (QED) is 0.821. The number of carbonyl (C=O) groups excluding carboxylic acids is 2. The third-order valence-electron chi connectivity index (χ3n) is 4.29. The van der Waals surface area contributed by atoms with Gasteiger partial charge in [0.2, 0.25) is 11.7 Å². The molecule has 5 heteroatoms. The van der Waals surface area contributed by atoms with E-state index in [9.17, 15) is 14.7 Å². The second-order valence-corrected chi connectivity index (χ2v) is 6.52. The maximum absolute atomic E-state index is 12.4. The van der Waals surface area contributed by atoms with Gasteiger partial charge in [0, 0.05) is 18.0 Å². The minimum absolute atomic E-state index is 0.000305. The molecule has 0 fully saturated rings. The number of fused-ring (bicyclic) bond motifs is 1. The van der Waals surface area contributed by atoms with E-state index >= 15 is 0 Å². The Bertz CT molecular complexity index is 787. The number of ether oxygens (including phenoxy) is 1. The standard InChI is InChI=1S/C20H21NO4/c1-13(2)21-18(22)12-17(14-8-4-3-5-9-14)20(24)16-11-7-6-10-15(16)19(23)25-20/h3-11,13,17,24H,12H2,1-2H3,(H,21,22). The zero-order valence-electron chi connectivity index (χ0n) is 14.2. The SMILES string of the molecule is CC(C)NC(=O)CC(c1ccccc1)C1(O)OC(=O)c2ccccc21. The first-order valence-electron chi connectivity index (χ1n) is 8.31. The second kappa shape index (κ2) is 6.69. The lowest BCUT2D eigenvalue weighted by molar-refractivity contribution is -0.183. The fourth-order valence-electron chi connectivity index (χ4n) is 3.22. The second-order valence-electron chi connectivity index (χ2n) is 6.52. The van der Waals surface area contributed by atoms with Crippen molar-refractivity contribution in [3.8, 4) is 0 Å². The van der Waals surface area contributed by atoms with Crippen LogP contribution >= 0.6 is 0 Å². The van der Waals surface area contributed by atoms with Crippen molar-refractivity contribution in [2.75, 3.05) is 0 Å². The van der Waals surface area contributed by atoms with Gasteiger partial charge in [0.15, 0.2) is 0 Å². The summed E-state index contributed by atoms with van der Waals surface area (Å²) in [5.74, 6) is -3.37. The summed E-state index contributed by atoms with van der Waals surface area (Å²) in [5.41, 5.74) is 1.45. The van der Waals surface area contributed by atoms with Crippen LogP contribution in [0, 0.1) is 0 Å². The normalized spacial score (nSPS) is 20.1. The number of cyclic esters (lactones) is 1. The number of nitrogens with one attached hydrogen (secondary N) is 1. The Labute approximate surface area is 146 Å². The average molecular weight is 339 g/mol. The Balaban J connectivity index is 2.03. The van der Waals surface area contributed by atoms with Gasteiger partial charge in [-0.1, -0.05) is 48.5 Å². The van der Waals surface area contributed by atoms with Gasteiger partial charge < -0.3 is 15.2 Å². The maximum atomic E-state index is 12.4. The predicted octanol–water partition coefficient (Wildman–Crippen LogP) is 2.70. The predicted molar refractivity (Wildman–Crippen MR) is 92.8 cm³/mol. The molecule has 1 aliphatic heterocycles. The third-order valence-corrected chi connectivity index (χ3v) is 4.29. The van der Waals surface area contributed by atoms with Crippen molar-refractivity contribution in [1.82, 2.24) is 5.32 Å². The van der Waals surface area contributed by atoms with Crippen molar-refractivity contribution in [1.29, 1.82) is 0 Å². The molecule has 2 aromatic rings. The third kappa shape index (κ3) is 3.28. The molecule has 2 aromatic carbocycles. The molecule has 1 amide bonds. The Morgan fingerprint density at radius 3 is 2.44 bits per heavy atom. The lowest BCUT2D eigenvalue weighted by Gasteiger charge is -2.32. The van der Waals surface area contributed by atoms with Crippen molar-refractivity contribution < 1.29 is 19.4 Å². The summed E-state index contributed by atoms with van der Waals surface area (Å²) in [4.78, 5) is 24.6. The molecule has 0 saturated carbocycles. The van der Waals surface area contributed by atoms with E-state index in [0.29, 0.717) is 11.1 Å². The molecule has 5 nitrogen and oxygen atoms in total. The Hall–Kier alpha value is -2.66. The summed E-state index contributed by atoms with van der Waals surface area (Å²) < 4.78 is 5.38. The molecule has 2 N–H and O–H groups in total. The fourth-order valence-corrected chi connectivity index (χ4v) is 3.22. The minimum Gasteiger partial charge on any atom is -0.424 e. The van der Waals surface area contributed by atoms with Crippen LogP contribution in [-0.4, -0.2) is 23.0 Å². The fraction of sp³-hybridized carbons (Fsp3) is 0.300. The molecule has 0 bridgehead atoms. The summed E-state index contributed by atoms with van der Waals surface area (Å²) in [6.07, 6.45) is 0.000305. The van der Waals surface area contributed by atoms with E-state index in [-0.39, 0.29) is 18.4 Å². The lowest BCUT2D eigenvalue weighted by atomic mass is 9.83. The van der Waals surface area contributed by atoms with E-state index in [4.69, 9.17) is 4.74 Å². The van der Waals surface area contributed by atoms with E-state index < -0.39 is 17.7 Å². The van der Waals surface area contributed by atoms with Gasteiger partial charge in [0.25, 0.3) is 0 Å². The van der Waals surface area contributed by atoms with Crippen LogP contribution < -0.4 is 5.32 Å². The topological polar surface area (TPSA) is 75.6 Å². The molecule has 0 saturated heterocycles. The Kier molecular flexibility index (Phi) is 4.59. The molecule has 0 aromatic heterocycles. The van der Waals surface area contributed by atoms with Gasteiger partial charge in [0.05, 0.1) is 11.5 Å². The van der Waals surface area contributed by atoms with Crippen LogP contribution in [0.5, 0.6) is 0 Å². The van der Waals surface area contributed by atoms with Gasteiger partial charge in [-0.15, -0.1) is 0 Å². The Morgan fingerprint density at radius 1 is 1.12 bits per heavy atom. The van der Waals surface area contributed by atoms with Crippen molar-refractivity contribution in [2.45, 2.75) is 38.0 Å². The molecular formula is C20H21NO4. The summed E-state index contributed by atoms with van der Waals surface area (Å²) in [7, 11) is 0. The van der Waals surface area contributed by atoms with Crippen LogP contribution in [0.1, 0.15) is 47.7 Å². The van der Waals surface area contributed by atoms with E-state index in [2.05, 4.69) is 5.32 Å². The molecule has 130 valence electrons. The van der Waals surface area contributed by atoms with Crippen molar-refractivity contribution in [3.05, 3.63) is 71.3 Å². The van der Waals surface area contributed by atoms with Gasteiger partial charge in [-0.2, -0.15) is 0 Å². The van der Waals surface area contributed by atoms with Crippen LogP contribution in [0.3, 0.4) is 0 Å². The van der Waals surface area contributed by atoms with Gasteiger partial charge in [-0.05, 0) is 25.5 Å². The summed E-state index contributed by atoms with van der Waals surface area (Å²) in [5, 5.41) is 14.1. The molecule has 25 heavy (non-hydrogen) atoms. The molecule has 2 atom stereocenters. The Morgan fingerprint density at radius 2 is 1.76 bits per heavy atom. The maximum Gasteiger partial charge on any atom is 0.341 e. The number of esters is 1. The monoisotopic (exact) mass is 339 g/mol. The number of aliphatic hydroxyl groups is 1. The number of rotatable bonds is 5. The highest BCUT2D eigenvalue weighted by atomic mass is 16.7. The molecule has 0 spiro atoms. The number of hydrogen-bond acceptors (Lipinski definition) is 4. The zero-order chi connectivity index (χ0) is 18.0. The van der Waals surface area contributed by atoms with Crippen LogP contribution in [0.4, 0.5) is 0 Å². The lowest BCUT2D eigenvalue weighted by Crippen LogP contribution is -2.39. The minimum atomic E-state index is -1.87. The van der Waals surface area contributed by atoms with E-state index in [1.807, 2.05) is 44.2 Å². The molecule has 3 rings (SSSR count). The molecule has 1 heterocycles. The van der Waals surface area contributed by atoms with Crippen LogP contribution in [0.15, 0.2) is 54.6 Å². The number of hydrogen-bond donors (Lipinski definition) is 2. The van der Waals surface area contributed by atoms with Crippen LogP contribution in [-0.2, 0) is 15.3 Å². The summed E-state index contributed by atoms with van der Waals surface area (Å²) in [6.45, 7) is 3.74. The first-order chi connectivity index (χ1) is 11.9. The van der Waals surface area contributed by atoms with Crippen molar-refractivity contribution in [3.63, 3.8) is 0 Å². The number of carbonyl (C=O) groups is 2. The summed E-state index contributed by atoms with van der Waals surface area (Å²) in [6, 6.07) is 15.9. The van der Waals surface area contributed by atoms with E-state index in [1.165, 1.54) is 0 Å². The molecule has 0 aliphatic carbocycles. The first kappa shape index (κ1) is 17.2. The highest BCUT2D eigenvalue weighted by molar-refractivity contribution is 5.94. The van der Waals surface area contributed by atoms with Gasteiger partial charge >= 0.3 is 5.97 Å². The summed E-state index contributed by atoms with van der Waals surface area (Å²) >= 11 is 0. The van der Waals surface area contributed by atoms with Crippen molar-refractivity contribution in [2.24, 2.45) is 0 Å². The molecular weight excluding hydrogens is 318 g/mol. The van der Waals surface area contributed by atoms with E-state index in [0.717, 1.165) is 5.56 Å². The molecule has 0 radical (unpaired) electrons. The van der Waals surface area contributed by atoms with Gasteiger partial charge in [0.1, 0.15) is 0 Å². The van der Waals surface area contributed by atoms with Gasteiger partial charge in [-0.3, -0.25) is 4.79 Å². The highest BCUT2D eigenvalue weighted by Crippen LogP contribution is 2.46. The van der Waals surface area contributed by atoms with Crippen molar-refractivity contribution >= 4 is 11.9 Å². The van der Waals surface area contributed by atoms with Gasteiger partial charge in [-0.25, -0.2) is 4.79 Å². The van der Waals surface area contributed by atoms with E-state index in [1.54, 1.807) is 24.3 Å². The zero-order valence-corrected chi connectivity index (χ0v) is 14.2. The van der Waals surface area contributed by atoms with Crippen LogP contribution in [0.25, 0.3) is 0 Å². The first-order valence-corrected chi connectivity index (χ1v) is 8.31. The number of benzene rings is 2. The number of amides is 1. The van der Waals surface area contributed by atoms with Crippen LogP contribution in [0.2, 0.25) is 0 Å². The smallest absolute Gasteiger partial charge is 0.341 e. The molecule has 2 unspecified atom stereocenters. The highest BCUT2D eigenvalue weighted by Gasteiger charge is 2.51. The molecule has 1 aliphatic rings. The average Bonchev–Trinajstić information content (AvgIpc) is 2.85. The largest absolute Gasteiger partial charge is 0.424 e.